The molecule has 23 heavy (non-hydrogen) atoms. The highest BCUT2D eigenvalue weighted by molar-refractivity contribution is 9.10. The van der Waals surface area contributed by atoms with Crippen molar-refractivity contribution in [2.24, 2.45) is 11.7 Å². The maximum Gasteiger partial charge on any atom is 0.244 e. The van der Waals surface area contributed by atoms with Gasteiger partial charge in [0.05, 0.1) is 14.2 Å². The first-order valence-corrected chi connectivity index (χ1v) is 9.21. The van der Waals surface area contributed by atoms with Crippen LogP contribution in [0.25, 0.3) is 0 Å². The lowest BCUT2D eigenvalue weighted by Gasteiger charge is -2.34. The molecule has 0 aromatic heterocycles. The molecule has 2 rings (SSSR count). The van der Waals surface area contributed by atoms with Gasteiger partial charge in [-0.1, -0.05) is 6.92 Å². The molecule has 0 spiro atoms. The number of sulfonamides is 1. The van der Waals surface area contributed by atoms with Crippen molar-refractivity contribution in [2.75, 3.05) is 27.3 Å². The fourth-order valence-corrected chi connectivity index (χ4v) is 5.07. The van der Waals surface area contributed by atoms with E-state index in [-0.39, 0.29) is 29.3 Å². The van der Waals surface area contributed by atoms with Crippen molar-refractivity contribution < 1.29 is 17.9 Å². The van der Waals surface area contributed by atoms with E-state index in [9.17, 15) is 8.42 Å². The summed E-state index contributed by atoms with van der Waals surface area (Å²) < 4.78 is 38.1. The zero-order chi connectivity index (χ0) is 16.5. The van der Waals surface area contributed by atoms with E-state index in [4.69, 9.17) is 15.2 Å². The Morgan fingerprint density at radius 1 is 1.26 bits per heavy atom. The topological polar surface area (TPSA) is 81.9 Å². The van der Waals surface area contributed by atoms with Crippen molar-refractivity contribution >= 4 is 38.4 Å². The Bertz CT molecular complexity index is 656. The zero-order valence-corrected chi connectivity index (χ0v) is 16.5. The lowest BCUT2D eigenvalue weighted by Crippen LogP contribution is -2.48. The lowest BCUT2D eigenvalue weighted by atomic mass is 9.96. The zero-order valence-electron chi connectivity index (χ0n) is 13.3. The second kappa shape index (κ2) is 8.02. The predicted octanol–water partition coefficient (Wildman–Crippen LogP) is 2.25. The third-order valence-corrected chi connectivity index (χ3v) is 6.81. The maximum atomic E-state index is 12.9. The highest BCUT2D eigenvalue weighted by Gasteiger charge is 2.33. The fraction of sp³-hybridized carbons (Fsp3) is 0.571. The van der Waals surface area contributed by atoms with Crippen LogP contribution in [0.5, 0.6) is 11.5 Å². The molecule has 1 aliphatic rings. The Balaban J connectivity index is 0.00000264. The summed E-state index contributed by atoms with van der Waals surface area (Å²) in [7, 11) is -0.629. The van der Waals surface area contributed by atoms with Crippen LogP contribution in [0.4, 0.5) is 0 Å². The number of nitrogens with zero attached hydrogens (tertiary/aromatic N) is 1. The van der Waals surface area contributed by atoms with E-state index in [0.29, 0.717) is 35.5 Å². The minimum Gasteiger partial charge on any atom is -0.493 e. The number of hydrogen-bond acceptors (Lipinski definition) is 5. The SMILES string of the molecule is COc1cc(Br)c(S(=O)(=O)N2CCC(N)C(C)C2)cc1OC.Cl. The van der Waals surface area contributed by atoms with Gasteiger partial charge in [0.15, 0.2) is 11.5 Å². The Hall–Kier alpha value is -0.540. The third-order valence-electron chi connectivity index (χ3n) is 3.99. The van der Waals surface area contributed by atoms with Gasteiger partial charge in [0.1, 0.15) is 4.90 Å². The van der Waals surface area contributed by atoms with Gasteiger partial charge in [-0.05, 0) is 34.3 Å². The van der Waals surface area contributed by atoms with Crippen molar-refractivity contribution in [2.45, 2.75) is 24.3 Å². The van der Waals surface area contributed by atoms with Gasteiger partial charge in [-0.15, -0.1) is 12.4 Å². The third kappa shape index (κ3) is 4.11. The lowest BCUT2D eigenvalue weighted by molar-refractivity contribution is 0.250. The summed E-state index contributed by atoms with van der Waals surface area (Å²) in [6.45, 7) is 2.81. The summed E-state index contributed by atoms with van der Waals surface area (Å²) >= 11 is 3.31. The van der Waals surface area contributed by atoms with Crippen LogP contribution in [-0.2, 0) is 10.0 Å². The number of ether oxygens (including phenoxy) is 2. The largest absolute Gasteiger partial charge is 0.493 e. The van der Waals surface area contributed by atoms with Crippen molar-refractivity contribution in [1.29, 1.82) is 0 Å². The minimum absolute atomic E-state index is 0. The van der Waals surface area contributed by atoms with Gasteiger partial charge < -0.3 is 15.2 Å². The van der Waals surface area contributed by atoms with E-state index in [1.807, 2.05) is 6.92 Å². The molecule has 2 N–H and O–H groups in total. The number of halogens is 2. The van der Waals surface area contributed by atoms with Crippen LogP contribution >= 0.6 is 28.3 Å². The molecule has 0 amide bonds. The van der Waals surface area contributed by atoms with E-state index in [1.165, 1.54) is 24.6 Å². The number of hydrogen-bond donors (Lipinski definition) is 1. The van der Waals surface area contributed by atoms with Crippen LogP contribution in [0.1, 0.15) is 13.3 Å². The van der Waals surface area contributed by atoms with Crippen molar-refractivity contribution in [3.63, 3.8) is 0 Å². The molecule has 9 heteroatoms. The second-order valence-corrected chi connectivity index (χ2v) is 8.19. The van der Waals surface area contributed by atoms with Crippen LogP contribution in [-0.4, -0.2) is 46.1 Å². The molecular weight excluding hydrogens is 408 g/mol. The molecular formula is C14H22BrClN2O4S. The van der Waals surface area contributed by atoms with E-state index in [2.05, 4.69) is 15.9 Å². The summed E-state index contributed by atoms with van der Waals surface area (Å²) in [4.78, 5) is 0.174. The first kappa shape index (κ1) is 20.5. The number of benzene rings is 1. The second-order valence-electron chi connectivity index (χ2n) is 5.43. The van der Waals surface area contributed by atoms with Gasteiger partial charge in [0.25, 0.3) is 0 Å². The van der Waals surface area contributed by atoms with Gasteiger partial charge in [-0.25, -0.2) is 8.42 Å². The van der Waals surface area contributed by atoms with Crippen molar-refractivity contribution in [1.82, 2.24) is 4.31 Å². The van der Waals surface area contributed by atoms with Crippen LogP contribution in [0.2, 0.25) is 0 Å². The van der Waals surface area contributed by atoms with Crippen LogP contribution in [0.15, 0.2) is 21.5 Å². The fourth-order valence-electron chi connectivity index (χ4n) is 2.52. The van der Waals surface area contributed by atoms with Crippen molar-refractivity contribution in [3.05, 3.63) is 16.6 Å². The molecule has 1 aromatic rings. The summed E-state index contributed by atoms with van der Waals surface area (Å²) in [5.41, 5.74) is 5.97. The Morgan fingerprint density at radius 2 is 1.83 bits per heavy atom. The summed E-state index contributed by atoms with van der Waals surface area (Å²) in [5, 5.41) is 0. The molecule has 132 valence electrons. The first-order valence-electron chi connectivity index (χ1n) is 6.98. The number of nitrogens with two attached hydrogens (primary N) is 1. The normalized spacial score (nSPS) is 22.3. The monoisotopic (exact) mass is 428 g/mol. The quantitative estimate of drug-likeness (QED) is 0.794. The summed E-state index contributed by atoms with van der Waals surface area (Å²) in [6, 6.07) is 3.13. The van der Waals surface area contributed by atoms with Crippen molar-refractivity contribution in [3.8, 4) is 11.5 Å². The van der Waals surface area contributed by atoms with Gasteiger partial charge in [0, 0.05) is 29.7 Å². The van der Waals surface area contributed by atoms with Gasteiger partial charge >= 0.3 is 0 Å². The number of methoxy groups -OCH3 is 2. The molecule has 1 saturated heterocycles. The highest BCUT2D eigenvalue weighted by atomic mass is 79.9. The van der Waals surface area contributed by atoms with Crippen LogP contribution in [0, 0.1) is 5.92 Å². The van der Waals surface area contributed by atoms with E-state index >= 15 is 0 Å². The molecule has 0 bridgehead atoms. The Kier molecular flexibility index (Phi) is 7.15. The minimum atomic E-state index is -3.61. The predicted molar refractivity (Wildman–Crippen MR) is 95.0 cm³/mol. The number of rotatable bonds is 4. The molecule has 6 nitrogen and oxygen atoms in total. The molecule has 1 aromatic carbocycles. The number of piperidine rings is 1. The highest BCUT2D eigenvalue weighted by Crippen LogP contribution is 2.37. The molecule has 0 saturated carbocycles. The smallest absolute Gasteiger partial charge is 0.244 e. The van der Waals surface area contributed by atoms with Crippen LogP contribution < -0.4 is 15.2 Å². The molecule has 1 aliphatic heterocycles. The van der Waals surface area contributed by atoms with E-state index < -0.39 is 10.0 Å². The molecule has 0 aliphatic carbocycles. The standard InChI is InChI=1S/C14H21BrN2O4S.ClH/c1-9-8-17(5-4-11(9)16)22(18,19)14-7-13(21-3)12(20-2)6-10(14)15;/h6-7,9,11H,4-5,8,16H2,1-3H3;1H. The molecule has 2 unspecified atom stereocenters. The van der Waals surface area contributed by atoms with Gasteiger partial charge in [-0.3, -0.25) is 0 Å². The average Bonchev–Trinajstić information content (AvgIpc) is 2.49. The van der Waals surface area contributed by atoms with E-state index in [0.717, 1.165) is 0 Å². The Morgan fingerprint density at radius 3 is 2.35 bits per heavy atom. The molecule has 2 atom stereocenters. The maximum absolute atomic E-state index is 12.9. The summed E-state index contributed by atoms with van der Waals surface area (Å²) in [5.74, 6) is 0.982. The average molecular weight is 430 g/mol. The van der Waals surface area contributed by atoms with Gasteiger partial charge in [0.2, 0.25) is 10.0 Å². The summed E-state index contributed by atoms with van der Waals surface area (Å²) in [6.07, 6.45) is 0.658. The van der Waals surface area contributed by atoms with Gasteiger partial charge in [-0.2, -0.15) is 4.31 Å². The molecule has 1 heterocycles. The Labute approximate surface area is 151 Å². The van der Waals surface area contributed by atoms with Crippen LogP contribution in [0.3, 0.4) is 0 Å². The molecule has 0 radical (unpaired) electrons. The molecule has 1 fully saturated rings. The first-order chi connectivity index (χ1) is 10.3. The van der Waals surface area contributed by atoms with E-state index in [1.54, 1.807) is 6.07 Å².